The summed E-state index contributed by atoms with van der Waals surface area (Å²) in [5, 5.41) is 12.4. The van der Waals surface area contributed by atoms with Crippen LogP contribution in [-0.2, 0) is 11.3 Å². The molecule has 1 aromatic carbocycles. The second kappa shape index (κ2) is 7.30. The Balaban J connectivity index is 2.13. The van der Waals surface area contributed by atoms with E-state index in [0.717, 1.165) is 5.56 Å². The van der Waals surface area contributed by atoms with Crippen molar-refractivity contribution in [2.75, 3.05) is 27.3 Å². The summed E-state index contributed by atoms with van der Waals surface area (Å²) < 4.78 is 10.7. The van der Waals surface area contributed by atoms with Gasteiger partial charge in [0.15, 0.2) is 0 Å². The second-order valence-corrected chi connectivity index (χ2v) is 5.28. The molecule has 1 unspecified atom stereocenters. The number of aliphatic hydroxyl groups excluding tert-OH is 1. The standard InChI is InChI=1S/C15H21N3O5/c1-22-11-3-4-12(23-2)14-9(11)7-18(8-10(14)19)6-5-13(20)17-15(16)21/h3-4,10,19H,5-8H2,1-2H3,(H3,16,17,20,21). The minimum atomic E-state index is -0.870. The average molecular weight is 323 g/mol. The van der Waals surface area contributed by atoms with Crippen LogP contribution in [0.4, 0.5) is 4.79 Å². The Hall–Kier alpha value is -2.32. The monoisotopic (exact) mass is 323 g/mol. The molecule has 8 heteroatoms. The maximum Gasteiger partial charge on any atom is 0.318 e. The number of hydrogen-bond acceptors (Lipinski definition) is 6. The van der Waals surface area contributed by atoms with Crippen LogP contribution in [0.3, 0.4) is 0 Å². The van der Waals surface area contributed by atoms with Gasteiger partial charge in [-0.3, -0.25) is 15.0 Å². The Kier molecular flexibility index (Phi) is 5.41. The van der Waals surface area contributed by atoms with Gasteiger partial charge >= 0.3 is 6.03 Å². The van der Waals surface area contributed by atoms with Crippen LogP contribution in [0.2, 0.25) is 0 Å². The molecule has 23 heavy (non-hydrogen) atoms. The number of ether oxygens (including phenoxy) is 2. The first-order chi connectivity index (χ1) is 11.0. The van der Waals surface area contributed by atoms with Crippen molar-refractivity contribution in [3.05, 3.63) is 23.3 Å². The van der Waals surface area contributed by atoms with Gasteiger partial charge in [-0.15, -0.1) is 0 Å². The Morgan fingerprint density at radius 2 is 2.00 bits per heavy atom. The van der Waals surface area contributed by atoms with Crippen LogP contribution in [0.5, 0.6) is 11.5 Å². The van der Waals surface area contributed by atoms with Crippen LogP contribution in [0.1, 0.15) is 23.7 Å². The summed E-state index contributed by atoms with van der Waals surface area (Å²) in [6, 6.07) is 2.68. The van der Waals surface area contributed by atoms with Crippen LogP contribution in [0, 0.1) is 0 Å². The van der Waals surface area contributed by atoms with E-state index in [0.29, 0.717) is 36.7 Å². The van der Waals surface area contributed by atoms with Gasteiger partial charge in [0.1, 0.15) is 11.5 Å². The number of imide groups is 1. The predicted molar refractivity (Wildman–Crippen MR) is 82.1 cm³/mol. The van der Waals surface area contributed by atoms with Gasteiger partial charge in [0, 0.05) is 37.2 Å². The summed E-state index contributed by atoms with van der Waals surface area (Å²) in [5.74, 6) is 0.820. The van der Waals surface area contributed by atoms with Gasteiger partial charge in [-0.1, -0.05) is 0 Å². The van der Waals surface area contributed by atoms with Crippen molar-refractivity contribution < 1.29 is 24.2 Å². The van der Waals surface area contributed by atoms with Crippen LogP contribution >= 0.6 is 0 Å². The minimum Gasteiger partial charge on any atom is -0.496 e. The number of rotatable bonds is 5. The van der Waals surface area contributed by atoms with Gasteiger partial charge in [0.05, 0.1) is 20.3 Å². The Bertz CT molecular complexity index is 605. The first-order valence-corrected chi connectivity index (χ1v) is 7.19. The number of β-amino-alcohol motifs (C(OH)–C–C–N with tert-alkyl or cyclic N) is 1. The maximum absolute atomic E-state index is 11.5. The number of nitrogens with one attached hydrogen (secondary N) is 1. The second-order valence-electron chi connectivity index (χ2n) is 5.28. The maximum atomic E-state index is 11.5. The molecule has 0 aliphatic carbocycles. The van der Waals surface area contributed by atoms with Crippen LogP contribution in [0.25, 0.3) is 0 Å². The summed E-state index contributed by atoms with van der Waals surface area (Å²) in [6.45, 7) is 1.26. The molecule has 3 amide bonds. The fourth-order valence-corrected chi connectivity index (χ4v) is 2.77. The first kappa shape index (κ1) is 17.0. The fourth-order valence-electron chi connectivity index (χ4n) is 2.77. The molecule has 1 atom stereocenters. The molecular formula is C15H21N3O5. The van der Waals surface area contributed by atoms with E-state index in [2.05, 4.69) is 0 Å². The number of carbonyl (C=O) groups excluding carboxylic acids is 2. The summed E-state index contributed by atoms with van der Waals surface area (Å²) in [6.07, 6.45) is -0.639. The largest absolute Gasteiger partial charge is 0.496 e. The molecule has 4 N–H and O–H groups in total. The smallest absolute Gasteiger partial charge is 0.318 e. The predicted octanol–water partition coefficient (Wildman–Crippen LogP) is 0.138. The number of methoxy groups -OCH3 is 2. The topological polar surface area (TPSA) is 114 Å². The lowest BCUT2D eigenvalue weighted by Crippen LogP contribution is -2.39. The van der Waals surface area contributed by atoms with E-state index in [-0.39, 0.29) is 6.42 Å². The molecule has 1 aliphatic rings. The summed E-state index contributed by atoms with van der Waals surface area (Å²) >= 11 is 0. The SMILES string of the molecule is COc1ccc(OC)c2c1CN(CCC(=O)NC(N)=O)CC2O. The zero-order valence-electron chi connectivity index (χ0n) is 13.2. The lowest BCUT2D eigenvalue weighted by Gasteiger charge is -2.33. The van der Waals surface area contributed by atoms with Crippen molar-refractivity contribution >= 4 is 11.9 Å². The van der Waals surface area contributed by atoms with Crippen molar-refractivity contribution in [2.45, 2.75) is 19.1 Å². The van der Waals surface area contributed by atoms with Crippen molar-refractivity contribution in [2.24, 2.45) is 5.73 Å². The number of benzene rings is 1. The third-order valence-corrected chi connectivity index (χ3v) is 3.78. The number of nitrogens with zero attached hydrogens (tertiary/aromatic N) is 1. The van der Waals surface area contributed by atoms with E-state index in [9.17, 15) is 14.7 Å². The zero-order chi connectivity index (χ0) is 17.0. The molecule has 0 saturated heterocycles. The Morgan fingerprint density at radius 1 is 1.35 bits per heavy atom. The van der Waals surface area contributed by atoms with E-state index < -0.39 is 18.0 Å². The van der Waals surface area contributed by atoms with E-state index in [4.69, 9.17) is 15.2 Å². The van der Waals surface area contributed by atoms with Gasteiger partial charge in [-0.25, -0.2) is 4.79 Å². The Labute approximate surface area is 134 Å². The third kappa shape index (κ3) is 3.91. The molecule has 8 nitrogen and oxygen atoms in total. The lowest BCUT2D eigenvalue weighted by molar-refractivity contribution is -0.120. The Morgan fingerprint density at radius 3 is 2.61 bits per heavy atom. The molecule has 0 spiro atoms. The zero-order valence-corrected chi connectivity index (χ0v) is 13.2. The van der Waals surface area contributed by atoms with Crippen LogP contribution in [-0.4, -0.2) is 49.3 Å². The van der Waals surface area contributed by atoms with Crippen molar-refractivity contribution in [1.82, 2.24) is 10.2 Å². The number of fused-ring (bicyclic) bond motifs is 1. The van der Waals surface area contributed by atoms with Gasteiger partial charge in [-0.05, 0) is 12.1 Å². The molecular weight excluding hydrogens is 302 g/mol. The molecule has 1 aromatic rings. The highest BCUT2D eigenvalue weighted by atomic mass is 16.5. The van der Waals surface area contributed by atoms with Gasteiger partial charge in [0.2, 0.25) is 5.91 Å². The van der Waals surface area contributed by atoms with E-state index in [1.807, 2.05) is 10.2 Å². The van der Waals surface area contributed by atoms with Gasteiger partial charge in [-0.2, -0.15) is 0 Å². The first-order valence-electron chi connectivity index (χ1n) is 7.19. The quantitative estimate of drug-likeness (QED) is 0.710. The van der Waals surface area contributed by atoms with Crippen LogP contribution in [0.15, 0.2) is 12.1 Å². The molecule has 126 valence electrons. The molecule has 0 fully saturated rings. The third-order valence-electron chi connectivity index (χ3n) is 3.78. The number of urea groups is 1. The number of hydrogen-bond donors (Lipinski definition) is 3. The highest BCUT2D eigenvalue weighted by Gasteiger charge is 2.29. The van der Waals surface area contributed by atoms with Crippen molar-refractivity contribution in [3.8, 4) is 11.5 Å². The summed E-state index contributed by atoms with van der Waals surface area (Å²) in [7, 11) is 3.11. The minimum absolute atomic E-state index is 0.108. The molecule has 0 aromatic heterocycles. The van der Waals surface area contributed by atoms with Gasteiger partial charge in [0.25, 0.3) is 0 Å². The number of amides is 3. The van der Waals surface area contributed by atoms with E-state index in [1.165, 1.54) is 0 Å². The highest BCUT2D eigenvalue weighted by Crippen LogP contribution is 2.39. The average Bonchev–Trinajstić information content (AvgIpc) is 2.51. The van der Waals surface area contributed by atoms with E-state index >= 15 is 0 Å². The number of nitrogens with two attached hydrogens (primary N) is 1. The highest BCUT2D eigenvalue weighted by molar-refractivity contribution is 5.93. The number of primary amides is 1. The van der Waals surface area contributed by atoms with Crippen molar-refractivity contribution in [1.29, 1.82) is 0 Å². The number of carbonyl (C=O) groups is 2. The van der Waals surface area contributed by atoms with E-state index in [1.54, 1.807) is 26.4 Å². The molecule has 2 rings (SSSR count). The lowest BCUT2D eigenvalue weighted by atomic mass is 9.95. The fraction of sp³-hybridized carbons (Fsp3) is 0.467. The molecule has 0 bridgehead atoms. The summed E-state index contributed by atoms with van der Waals surface area (Å²) in [5.41, 5.74) is 6.45. The molecule has 1 aliphatic heterocycles. The molecule has 1 heterocycles. The summed E-state index contributed by atoms with van der Waals surface area (Å²) in [4.78, 5) is 24.1. The number of aliphatic hydroxyl groups is 1. The van der Waals surface area contributed by atoms with Gasteiger partial charge < -0.3 is 20.3 Å². The molecule has 0 saturated carbocycles. The normalized spacial score (nSPS) is 17.3. The van der Waals surface area contributed by atoms with Crippen molar-refractivity contribution in [3.63, 3.8) is 0 Å². The van der Waals surface area contributed by atoms with Crippen LogP contribution < -0.4 is 20.5 Å². The molecule has 0 radical (unpaired) electrons.